The number of hydrogen-bond donors (Lipinski definition) is 2. The van der Waals surface area contributed by atoms with Gasteiger partial charge in [-0.2, -0.15) is 5.10 Å². The van der Waals surface area contributed by atoms with E-state index >= 15 is 0 Å². The van der Waals surface area contributed by atoms with Gasteiger partial charge in [0.25, 0.3) is 0 Å². The lowest BCUT2D eigenvalue weighted by atomic mass is 9.81. The van der Waals surface area contributed by atoms with Gasteiger partial charge in [-0.25, -0.2) is 0 Å². The Morgan fingerprint density at radius 3 is 2.56 bits per heavy atom. The Morgan fingerprint density at radius 2 is 2.19 bits per heavy atom. The van der Waals surface area contributed by atoms with Crippen molar-refractivity contribution in [2.45, 2.75) is 26.7 Å². The first-order valence-corrected chi connectivity index (χ1v) is 5.58. The number of aryl methyl sites for hydroxylation is 1. The van der Waals surface area contributed by atoms with Gasteiger partial charge in [-0.1, -0.05) is 13.8 Å². The molecule has 0 saturated heterocycles. The van der Waals surface area contributed by atoms with E-state index in [1.807, 2.05) is 20.9 Å². The van der Waals surface area contributed by atoms with Crippen LogP contribution in [0.1, 0.15) is 26.7 Å². The highest BCUT2D eigenvalue weighted by atomic mass is 16.2. The highest BCUT2D eigenvalue weighted by Gasteiger charge is 2.33. The van der Waals surface area contributed by atoms with Gasteiger partial charge in [-0.05, 0) is 12.8 Å². The zero-order valence-corrected chi connectivity index (χ0v) is 10.2. The number of rotatable bonds is 5. The minimum Gasteiger partial charge on any atom is -0.329 e. The predicted molar refractivity (Wildman–Crippen MR) is 63.9 cm³/mol. The fourth-order valence-electron chi connectivity index (χ4n) is 1.70. The highest BCUT2D eigenvalue weighted by Crippen LogP contribution is 2.26. The van der Waals surface area contributed by atoms with Crippen molar-refractivity contribution in [3.05, 3.63) is 12.4 Å². The van der Waals surface area contributed by atoms with E-state index in [1.165, 1.54) is 0 Å². The number of carbonyl (C=O) groups is 1. The largest absolute Gasteiger partial charge is 0.329 e. The van der Waals surface area contributed by atoms with Gasteiger partial charge in [-0.3, -0.25) is 9.48 Å². The van der Waals surface area contributed by atoms with E-state index in [2.05, 4.69) is 10.4 Å². The molecule has 0 atom stereocenters. The Morgan fingerprint density at radius 1 is 1.56 bits per heavy atom. The lowest BCUT2D eigenvalue weighted by Crippen LogP contribution is -2.41. The molecule has 0 aliphatic heterocycles. The van der Waals surface area contributed by atoms with Gasteiger partial charge in [0.05, 0.1) is 17.3 Å². The van der Waals surface area contributed by atoms with Crippen molar-refractivity contribution >= 4 is 11.6 Å². The van der Waals surface area contributed by atoms with Gasteiger partial charge in [0.1, 0.15) is 0 Å². The molecule has 0 saturated carbocycles. The van der Waals surface area contributed by atoms with E-state index in [1.54, 1.807) is 17.1 Å². The second-order valence-electron chi connectivity index (χ2n) is 4.05. The van der Waals surface area contributed by atoms with Crippen molar-refractivity contribution in [1.29, 1.82) is 0 Å². The van der Waals surface area contributed by atoms with E-state index in [0.717, 1.165) is 12.8 Å². The minimum atomic E-state index is -0.462. The molecule has 0 bridgehead atoms. The molecule has 1 amide bonds. The molecule has 0 aliphatic carbocycles. The van der Waals surface area contributed by atoms with Crippen LogP contribution in [-0.4, -0.2) is 22.2 Å². The zero-order valence-electron chi connectivity index (χ0n) is 10.2. The van der Waals surface area contributed by atoms with Crippen LogP contribution in [0.3, 0.4) is 0 Å². The van der Waals surface area contributed by atoms with Crippen LogP contribution in [-0.2, 0) is 11.8 Å². The number of anilines is 1. The van der Waals surface area contributed by atoms with Crippen LogP contribution in [0.15, 0.2) is 12.4 Å². The first kappa shape index (κ1) is 12.7. The van der Waals surface area contributed by atoms with E-state index in [-0.39, 0.29) is 5.91 Å². The number of hydrogen-bond acceptors (Lipinski definition) is 3. The summed E-state index contributed by atoms with van der Waals surface area (Å²) in [5.41, 5.74) is 5.96. The molecule has 5 heteroatoms. The summed E-state index contributed by atoms with van der Waals surface area (Å²) in [6.07, 6.45) is 4.88. The molecule has 16 heavy (non-hydrogen) atoms. The number of amides is 1. The maximum Gasteiger partial charge on any atom is 0.231 e. The maximum atomic E-state index is 12.1. The van der Waals surface area contributed by atoms with Gasteiger partial charge < -0.3 is 11.1 Å². The standard InChI is InChI=1S/C11H20N4O/c1-4-11(5-2,8-12)10(16)14-9-6-13-15(3)7-9/h6-7H,4-5,8,12H2,1-3H3,(H,14,16). The number of carbonyl (C=O) groups excluding carboxylic acids is 1. The smallest absolute Gasteiger partial charge is 0.231 e. The van der Waals surface area contributed by atoms with Crippen LogP contribution >= 0.6 is 0 Å². The van der Waals surface area contributed by atoms with E-state index in [4.69, 9.17) is 5.73 Å². The maximum absolute atomic E-state index is 12.1. The Kier molecular flexibility index (Phi) is 4.06. The minimum absolute atomic E-state index is 0.0204. The van der Waals surface area contributed by atoms with Gasteiger partial charge in [0, 0.05) is 19.8 Å². The van der Waals surface area contributed by atoms with Crippen LogP contribution in [0.2, 0.25) is 0 Å². The first-order chi connectivity index (χ1) is 7.57. The summed E-state index contributed by atoms with van der Waals surface area (Å²) >= 11 is 0. The Bertz CT molecular complexity index is 346. The fourth-order valence-corrected chi connectivity index (χ4v) is 1.70. The number of aromatic nitrogens is 2. The third kappa shape index (κ3) is 2.41. The van der Waals surface area contributed by atoms with E-state index in [0.29, 0.717) is 12.2 Å². The van der Waals surface area contributed by atoms with Crippen molar-refractivity contribution < 1.29 is 4.79 Å². The first-order valence-electron chi connectivity index (χ1n) is 5.58. The number of nitrogens with one attached hydrogen (secondary N) is 1. The molecule has 1 heterocycles. The summed E-state index contributed by atoms with van der Waals surface area (Å²) in [7, 11) is 1.81. The second kappa shape index (κ2) is 5.12. The zero-order chi connectivity index (χ0) is 12.2. The summed E-state index contributed by atoms with van der Waals surface area (Å²) in [6, 6.07) is 0. The van der Waals surface area contributed by atoms with E-state index < -0.39 is 5.41 Å². The molecule has 1 rings (SSSR count). The van der Waals surface area contributed by atoms with Crippen LogP contribution in [0.4, 0.5) is 5.69 Å². The third-order valence-electron chi connectivity index (χ3n) is 3.19. The van der Waals surface area contributed by atoms with Crippen molar-refractivity contribution in [2.24, 2.45) is 18.2 Å². The van der Waals surface area contributed by atoms with Crippen molar-refractivity contribution in [1.82, 2.24) is 9.78 Å². The predicted octanol–water partition coefficient (Wildman–Crippen LogP) is 1.12. The summed E-state index contributed by atoms with van der Waals surface area (Å²) in [5.74, 6) is -0.0204. The third-order valence-corrected chi connectivity index (χ3v) is 3.19. The molecule has 1 aromatic heterocycles. The SMILES string of the molecule is CCC(CC)(CN)C(=O)Nc1cnn(C)c1. The molecule has 0 radical (unpaired) electrons. The summed E-state index contributed by atoms with van der Waals surface area (Å²) in [6.45, 7) is 4.34. The number of nitrogens with zero attached hydrogens (tertiary/aromatic N) is 2. The molecule has 0 aromatic carbocycles. The van der Waals surface area contributed by atoms with Crippen molar-refractivity contribution in [3.8, 4) is 0 Å². The molecule has 0 aliphatic rings. The number of nitrogens with two attached hydrogens (primary N) is 1. The molecule has 0 fully saturated rings. The Balaban J connectivity index is 2.77. The summed E-state index contributed by atoms with van der Waals surface area (Å²) < 4.78 is 1.65. The Labute approximate surface area is 96.0 Å². The summed E-state index contributed by atoms with van der Waals surface area (Å²) in [4.78, 5) is 12.1. The molecule has 0 spiro atoms. The fraction of sp³-hybridized carbons (Fsp3) is 0.636. The van der Waals surface area contributed by atoms with Crippen LogP contribution < -0.4 is 11.1 Å². The molecular formula is C11H20N4O. The highest BCUT2D eigenvalue weighted by molar-refractivity contribution is 5.95. The van der Waals surface area contributed by atoms with Gasteiger partial charge in [0.15, 0.2) is 0 Å². The van der Waals surface area contributed by atoms with Gasteiger partial charge >= 0.3 is 0 Å². The van der Waals surface area contributed by atoms with Crippen molar-refractivity contribution in [2.75, 3.05) is 11.9 Å². The van der Waals surface area contributed by atoms with Crippen molar-refractivity contribution in [3.63, 3.8) is 0 Å². The van der Waals surface area contributed by atoms with Crippen LogP contribution in [0.25, 0.3) is 0 Å². The molecule has 90 valence electrons. The average molecular weight is 224 g/mol. The normalized spacial score (nSPS) is 11.5. The molecule has 1 aromatic rings. The molecule has 3 N–H and O–H groups in total. The Hall–Kier alpha value is -1.36. The molecule has 5 nitrogen and oxygen atoms in total. The average Bonchev–Trinajstić information content (AvgIpc) is 2.67. The molecule has 0 unspecified atom stereocenters. The van der Waals surface area contributed by atoms with E-state index in [9.17, 15) is 4.79 Å². The lowest BCUT2D eigenvalue weighted by Gasteiger charge is -2.28. The van der Waals surface area contributed by atoms with Gasteiger partial charge in [0.2, 0.25) is 5.91 Å². The molecular weight excluding hydrogens is 204 g/mol. The summed E-state index contributed by atoms with van der Waals surface area (Å²) in [5, 5.41) is 6.85. The van der Waals surface area contributed by atoms with Crippen LogP contribution in [0, 0.1) is 5.41 Å². The second-order valence-corrected chi connectivity index (χ2v) is 4.05. The quantitative estimate of drug-likeness (QED) is 0.787. The van der Waals surface area contributed by atoms with Crippen LogP contribution in [0.5, 0.6) is 0 Å². The lowest BCUT2D eigenvalue weighted by molar-refractivity contribution is -0.125. The van der Waals surface area contributed by atoms with Gasteiger partial charge in [-0.15, -0.1) is 0 Å². The topological polar surface area (TPSA) is 72.9 Å². The monoisotopic (exact) mass is 224 g/mol.